The molecule has 0 saturated carbocycles. The van der Waals surface area contributed by atoms with Gasteiger partial charge in [-0.05, 0) is 0 Å². The van der Waals surface area contributed by atoms with Gasteiger partial charge < -0.3 is 10.1 Å². The highest BCUT2D eigenvalue weighted by Gasteiger charge is 2.08. The van der Waals surface area contributed by atoms with E-state index < -0.39 is 5.97 Å². The van der Waals surface area contributed by atoms with Crippen molar-refractivity contribution in [2.24, 2.45) is 0 Å². The largest absolute Gasteiger partial charge is 0.469 e. The third-order valence-corrected chi connectivity index (χ3v) is 2.57. The minimum Gasteiger partial charge on any atom is -0.469 e. The van der Waals surface area contributed by atoms with Crippen molar-refractivity contribution in [3.05, 3.63) is 22.3 Å². The van der Waals surface area contributed by atoms with E-state index in [0.717, 1.165) is 0 Å². The maximum atomic E-state index is 11.4. The lowest BCUT2D eigenvalue weighted by atomic mass is 10.3. The molecule has 1 heterocycles. The second kappa shape index (κ2) is 6.42. The summed E-state index contributed by atoms with van der Waals surface area (Å²) in [4.78, 5) is 26.1. The fourth-order valence-electron chi connectivity index (χ4n) is 1.01. The first-order valence-corrected chi connectivity index (χ1v) is 5.46. The smallest absolute Gasteiger partial charge is 0.306 e. The van der Waals surface area contributed by atoms with Crippen LogP contribution in [0.3, 0.4) is 0 Å². The van der Waals surface area contributed by atoms with Gasteiger partial charge in [-0.15, -0.1) is 0 Å². The lowest BCUT2D eigenvalue weighted by Crippen LogP contribution is -2.14. The molecule has 17 heavy (non-hydrogen) atoms. The second-order valence-corrected chi connectivity index (χ2v) is 3.92. The van der Waals surface area contributed by atoms with Gasteiger partial charge >= 0.3 is 5.97 Å². The average Bonchev–Trinajstić information content (AvgIpc) is 2.31. The predicted molar refractivity (Wildman–Crippen MR) is 64.1 cm³/mol. The molecule has 0 aliphatic rings. The van der Waals surface area contributed by atoms with Crippen LogP contribution < -0.4 is 5.32 Å². The van der Waals surface area contributed by atoms with Crippen molar-refractivity contribution in [2.45, 2.75) is 12.8 Å². The Morgan fingerprint density at radius 1 is 1.35 bits per heavy atom. The Morgan fingerprint density at radius 2 is 2.06 bits per heavy atom. The van der Waals surface area contributed by atoms with Crippen molar-refractivity contribution in [3.63, 3.8) is 0 Å². The van der Waals surface area contributed by atoms with Crippen molar-refractivity contribution in [3.8, 4) is 0 Å². The predicted octanol–water partition coefficient (Wildman–Crippen LogP) is 2.28. The zero-order valence-corrected chi connectivity index (χ0v) is 10.5. The van der Waals surface area contributed by atoms with Crippen LogP contribution in [0, 0.1) is 0 Å². The number of nitrogens with one attached hydrogen (secondary N) is 1. The maximum Gasteiger partial charge on any atom is 0.306 e. The van der Waals surface area contributed by atoms with Crippen LogP contribution in [-0.4, -0.2) is 24.0 Å². The number of esters is 1. The third kappa shape index (κ3) is 4.58. The van der Waals surface area contributed by atoms with E-state index >= 15 is 0 Å². The van der Waals surface area contributed by atoms with Gasteiger partial charge in [-0.1, -0.05) is 23.2 Å². The number of rotatable bonds is 4. The lowest BCUT2D eigenvalue weighted by Gasteiger charge is -2.04. The van der Waals surface area contributed by atoms with Crippen molar-refractivity contribution in [1.82, 2.24) is 4.98 Å². The zero-order chi connectivity index (χ0) is 12.8. The van der Waals surface area contributed by atoms with Crippen molar-refractivity contribution in [2.75, 3.05) is 12.4 Å². The quantitative estimate of drug-likeness (QED) is 0.857. The van der Waals surface area contributed by atoms with Gasteiger partial charge in [0.15, 0.2) is 0 Å². The number of nitrogens with zero attached hydrogens (tertiary/aromatic N) is 1. The molecule has 1 amide bonds. The van der Waals surface area contributed by atoms with Gasteiger partial charge in [0.25, 0.3) is 0 Å². The number of amides is 1. The average molecular weight is 277 g/mol. The summed E-state index contributed by atoms with van der Waals surface area (Å²) in [6.45, 7) is 0. The van der Waals surface area contributed by atoms with Crippen LogP contribution in [-0.2, 0) is 14.3 Å². The minimum atomic E-state index is -0.442. The lowest BCUT2D eigenvalue weighted by molar-refractivity contribution is -0.141. The highest BCUT2D eigenvalue weighted by atomic mass is 35.5. The Bertz CT molecular complexity index is 438. The molecule has 1 aromatic heterocycles. The molecule has 1 N–H and O–H groups in total. The van der Waals surface area contributed by atoms with Crippen LogP contribution in [0.1, 0.15) is 12.8 Å². The Hall–Kier alpha value is -1.33. The molecule has 0 spiro atoms. The van der Waals surface area contributed by atoms with Gasteiger partial charge in [0, 0.05) is 18.7 Å². The number of carbonyl (C=O) groups excluding carboxylic acids is 2. The van der Waals surface area contributed by atoms with Crippen LogP contribution in [0.15, 0.2) is 12.3 Å². The summed E-state index contributed by atoms with van der Waals surface area (Å²) < 4.78 is 4.41. The number of halogens is 2. The molecular weight excluding hydrogens is 267 g/mol. The highest BCUT2D eigenvalue weighted by Crippen LogP contribution is 2.22. The van der Waals surface area contributed by atoms with Gasteiger partial charge in [-0.2, -0.15) is 0 Å². The summed E-state index contributed by atoms with van der Waals surface area (Å²) in [6.07, 6.45) is 1.37. The zero-order valence-electron chi connectivity index (χ0n) is 9.00. The van der Waals surface area contributed by atoms with Gasteiger partial charge in [-0.25, -0.2) is 4.98 Å². The standard InChI is InChI=1S/C10H10Cl2N2O3/c1-17-10(16)3-2-9(15)14-8-4-6(11)7(12)5-13-8/h4-5H,2-3H2,1H3,(H,13,14,15). The van der Waals surface area contributed by atoms with Crippen molar-refractivity contribution >= 4 is 40.9 Å². The maximum absolute atomic E-state index is 11.4. The normalized spacial score (nSPS) is 9.82. The number of aromatic nitrogens is 1. The fourth-order valence-corrected chi connectivity index (χ4v) is 1.26. The molecule has 7 heteroatoms. The van der Waals surface area contributed by atoms with Gasteiger partial charge in [0.05, 0.1) is 23.6 Å². The molecule has 0 aliphatic heterocycles. The first-order chi connectivity index (χ1) is 8.02. The molecule has 0 unspecified atom stereocenters. The molecule has 1 aromatic rings. The SMILES string of the molecule is COC(=O)CCC(=O)Nc1cc(Cl)c(Cl)cn1. The van der Waals surface area contributed by atoms with E-state index in [1.165, 1.54) is 19.4 Å². The number of hydrogen-bond acceptors (Lipinski definition) is 4. The molecular formula is C10H10Cl2N2O3. The van der Waals surface area contributed by atoms with Gasteiger partial charge in [0.1, 0.15) is 5.82 Å². The van der Waals surface area contributed by atoms with E-state index in [-0.39, 0.29) is 24.6 Å². The summed E-state index contributed by atoms with van der Waals surface area (Å²) in [5.41, 5.74) is 0. The first kappa shape index (κ1) is 13.7. The number of ether oxygens (including phenoxy) is 1. The van der Waals surface area contributed by atoms with E-state index in [4.69, 9.17) is 23.2 Å². The Balaban J connectivity index is 2.50. The van der Waals surface area contributed by atoms with Gasteiger partial charge in [-0.3, -0.25) is 9.59 Å². The third-order valence-electron chi connectivity index (χ3n) is 1.86. The minimum absolute atomic E-state index is 0.0175. The van der Waals surface area contributed by atoms with E-state index in [1.54, 1.807) is 0 Å². The molecule has 5 nitrogen and oxygen atoms in total. The monoisotopic (exact) mass is 276 g/mol. The Morgan fingerprint density at radius 3 is 2.65 bits per heavy atom. The van der Waals surface area contributed by atoms with Crippen molar-refractivity contribution in [1.29, 1.82) is 0 Å². The van der Waals surface area contributed by atoms with Crippen molar-refractivity contribution < 1.29 is 14.3 Å². The summed E-state index contributed by atoms with van der Waals surface area (Å²) in [5, 5.41) is 3.09. The summed E-state index contributed by atoms with van der Waals surface area (Å²) >= 11 is 11.4. The Labute approximate surface area is 108 Å². The molecule has 0 atom stereocenters. The van der Waals surface area contributed by atoms with Crippen LogP contribution >= 0.6 is 23.2 Å². The molecule has 0 bridgehead atoms. The van der Waals surface area contributed by atoms with Gasteiger partial charge in [0.2, 0.25) is 5.91 Å². The van der Waals surface area contributed by atoms with Crippen LogP contribution in [0.25, 0.3) is 0 Å². The number of methoxy groups -OCH3 is 1. The highest BCUT2D eigenvalue weighted by molar-refractivity contribution is 6.42. The molecule has 0 saturated heterocycles. The second-order valence-electron chi connectivity index (χ2n) is 3.11. The molecule has 0 aliphatic carbocycles. The summed E-state index contributed by atoms with van der Waals surface area (Å²) in [6, 6.07) is 1.43. The van der Waals surface area contributed by atoms with Crippen LogP contribution in [0.2, 0.25) is 10.0 Å². The van der Waals surface area contributed by atoms with E-state index in [0.29, 0.717) is 10.0 Å². The van der Waals surface area contributed by atoms with Crippen LogP contribution in [0.5, 0.6) is 0 Å². The molecule has 1 rings (SSSR count). The first-order valence-electron chi connectivity index (χ1n) is 4.70. The molecule has 0 aromatic carbocycles. The molecule has 0 fully saturated rings. The summed E-state index contributed by atoms with van der Waals surface area (Å²) in [5.74, 6) is -0.502. The molecule has 92 valence electrons. The topological polar surface area (TPSA) is 68.3 Å². The number of hydrogen-bond donors (Lipinski definition) is 1. The van der Waals surface area contributed by atoms with E-state index in [2.05, 4.69) is 15.0 Å². The number of anilines is 1. The van der Waals surface area contributed by atoms with Crippen LogP contribution in [0.4, 0.5) is 5.82 Å². The fraction of sp³-hybridized carbons (Fsp3) is 0.300. The van der Waals surface area contributed by atoms with E-state index in [1.807, 2.05) is 0 Å². The molecule has 0 radical (unpaired) electrons. The summed E-state index contributed by atoms with van der Waals surface area (Å²) in [7, 11) is 1.26. The Kier molecular flexibility index (Phi) is 5.18. The number of pyridine rings is 1. The van der Waals surface area contributed by atoms with E-state index in [9.17, 15) is 9.59 Å². The number of carbonyl (C=O) groups is 2.